The third-order valence-corrected chi connectivity index (χ3v) is 6.55. The Hall–Kier alpha value is -1.95. The van der Waals surface area contributed by atoms with Crippen molar-refractivity contribution in [2.24, 2.45) is 4.99 Å². The van der Waals surface area contributed by atoms with Gasteiger partial charge in [-0.3, -0.25) is 0 Å². The van der Waals surface area contributed by atoms with Crippen molar-refractivity contribution >= 4 is 5.96 Å². The number of piperidine rings is 1. The molecule has 2 aliphatic carbocycles. The number of para-hydroxylation sites is 1. The molecule has 1 aliphatic heterocycles. The molecule has 0 spiro atoms. The van der Waals surface area contributed by atoms with Gasteiger partial charge in [0.15, 0.2) is 17.5 Å². The number of hydrogen-bond acceptors (Lipinski definition) is 4. The summed E-state index contributed by atoms with van der Waals surface area (Å²) in [5.74, 6) is 2.57. The largest absolute Gasteiger partial charge is 0.493 e. The lowest BCUT2D eigenvalue weighted by Gasteiger charge is -2.33. The molecular formula is C24H38N4O2. The van der Waals surface area contributed by atoms with Gasteiger partial charge in [0.2, 0.25) is 0 Å². The molecule has 6 nitrogen and oxygen atoms in total. The zero-order valence-electron chi connectivity index (χ0n) is 18.7. The predicted octanol–water partition coefficient (Wildman–Crippen LogP) is 3.70. The first kappa shape index (κ1) is 21.3. The number of ether oxygens (including phenoxy) is 2. The Labute approximate surface area is 181 Å². The Bertz CT molecular complexity index is 705. The molecule has 0 atom stereocenters. The van der Waals surface area contributed by atoms with E-state index < -0.39 is 0 Å². The van der Waals surface area contributed by atoms with Crippen LogP contribution in [0.4, 0.5) is 0 Å². The third kappa shape index (κ3) is 5.60. The summed E-state index contributed by atoms with van der Waals surface area (Å²) >= 11 is 0. The van der Waals surface area contributed by atoms with E-state index in [9.17, 15) is 0 Å². The first-order valence-corrected chi connectivity index (χ1v) is 11.9. The molecule has 2 N–H and O–H groups in total. The van der Waals surface area contributed by atoms with Crippen LogP contribution >= 0.6 is 0 Å². The van der Waals surface area contributed by atoms with Crippen LogP contribution in [0.1, 0.15) is 63.9 Å². The quantitative estimate of drug-likeness (QED) is 0.502. The third-order valence-electron chi connectivity index (χ3n) is 6.55. The van der Waals surface area contributed by atoms with Crippen LogP contribution in [0, 0.1) is 0 Å². The lowest BCUT2D eigenvalue weighted by Crippen LogP contribution is -2.49. The van der Waals surface area contributed by atoms with E-state index in [1.165, 1.54) is 51.6 Å². The smallest absolute Gasteiger partial charge is 0.191 e. The van der Waals surface area contributed by atoms with Gasteiger partial charge in [0.1, 0.15) is 0 Å². The molecular weight excluding hydrogens is 376 g/mol. The van der Waals surface area contributed by atoms with E-state index in [0.717, 1.165) is 48.5 Å². The summed E-state index contributed by atoms with van der Waals surface area (Å²) in [5.41, 5.74) is 1.09. The average Bonchev–Trinajstić information content (AvgIpc) is 3.50. The standard InChI is InChI=1S/C24H38N4O2/c1-3-25-24(27-19-13-15-28(16-14-19)20-11-12-20)26-17-18-7-6-10-22(29-2)23(18)30-21-8-4-5-9-21/h6-7,10,19-21H,3-5,8-9,11-17H2,1-2H3,(H2,25,26,27). The normalized spacial score (nSPS) is 21.6. The van der Waals surface area contributed by atoms with Gasteiger partial charge in [-0.1, -0.05) is 12.1 Å². The lowest BCUT2D eigenvalue weighted by atomic mass is 10.1. The average molecular weight is 415 g/mol. The molecule has 2 saturated carbocycles. The van der Waals surface area contributed by atoms with Crippen LogP contribution in [0.2, 0.25) is 0 Å². The maximum Gasteiger partial charge on any atom is 0.191 e. The summed E-state index contributed by atoms with van der Waals surface area (Å²) in [6, 6.07) is 7.48. The summed E-state index contributed by atoms with van der Waals surface area (Å²) in [6.07, 6.45) is 10.2. The Morgan fingerprint density at radius 1 is 1.10 bits per heavy atom. The number of rotatable bonds is 8. The molecule has 1 saturated heterocycles. The van der Waals surface area contributed by atoms with Gasteiger partial charge in [-0.2, -0.15) is 0 Å². The number of methoxy groups -OCH3 is 1. The van der Waals surface area contributed by atoms with Crippen molar-refractivity contribution in [3.8, 4) is 11.5 Å². The van der Waals surface area contributed by atoms with Gasteiger partial charge in [0, 0.05) is 37.3 Å². The number of nitrogens with zero attached hydrogens (tertiary/aromatic N) is 2. The fourth-order valence-electron chi connectivity index (χ4n) is 4.68. The van der Waals surface area contributed by atoms with Crippen LogP contribution < -0.4 is 20.1 Å². The Kier molecular flexibility index (Phi) is 7.37. The van der Waals surface area contributed by atoms with Crippen molar-refractivity contribution < 1.29 is 9.47 Å². The van der Waals surface area contributed by atoms with Crippen LogP contribution in [0.25, 0.3) is 0 Å². The Morgan fingerprint density at radius 3 is 2.53 bits per heavy atom. The number of nitrogens with one attached hydrogen (secondary N) is 2. The van der Waals surface area contributed by atoms with Gasteiger partial charge in [-0.05, 0) is 64.4 Å². The van der Waals surface area contributed by atoms with Crippen molar-refractivity contribution in [2.75, 3.05) is 26.7 Å². The summed E-state index contributed by atoms with van der Waals surface area (Å²) in [5, 5.41) is 7.09. The van der Waals surface area contributed by atoms with Crippen LogP contribution in [0.15, 0.2) is 23.2 Å². The highest BCUT2D eigenvalue weighted by Gasteiger charge is 2.32. The lowest BCUT2D eigenvalue weighted by molar-refractivity contribution is 0.197. The van der Waals surface area contributed by atoms with Crippen molar-refractivity contribution in [3.05, 3.63) is 23.8 Å². The van der Waals surface area contributed by atoms with Crippen molar-refractivity contribution in [1.29, 1.82) is 0 Å². The molecule has 0 unspecified atom stereocenters. The zero-order valence-corrected chi connectivity index (χ0v) is 18.7. The van der Waals surface area contributed by atoms with Crippen molar-refractivity contribution in [1.82, 2.24) is 15.5 Å². The predicted molar refractivity (Wildman–Crippen MR) is 121 cm³/mol. The van der Waals surface area contributed by atoms with Crippen molar-refractivity contribution in [3.63, 3.8) is 0 Å². The van der Waals surface area contributed by atoms with E-state index in [2.05, 4.69) is 28.5 Å². The highest BCUT2D eigenvalue weighted by Crippen LogP contribution is 2.35. The van der Waals surface area contributed by atoms with E-state index in [1.807, 2.05) is 12.1 Å². The zero-order chi connectivity index (χ0) is 20.8. The molecule has 1 heterocycles. The van der Waals surface area contributed by atoms with E-state index >= 15 is 0 Å². The minimum Gasteiger partial charge on any atom is -0.493 e. The van der Waals surface area contributed by atoms with Gasteiger partial charge in [-0.25, -0.2) is 4.99 Å². The SMILES string of the molecule is CCNC(=NCc1cccc(OC)c1OC1CCCC1)NC1CCN(C2CC2)CC1. The summed E-state index contributed by atoms with van der Waals surface area (Å²) in [4.78, 5) is 7.56. The van der Waals surface area contributed by atoms with E-state index in [4.69, 9.17) is 14.5 Å². The van der Waals surface area contributed by atoms with Gasteiger partial charge >= 0.3 is 0 Å². The number of guanidine groups is 1. The van der Waals surface area contributed by atoms with Crippen LogP contribution in [0.5, 0.6) is 11.5 Å². The minimum atomic E-state index is 0.298. The van der Waals surface area contributed by atoms with Gasteiger partial charge in [-0.15, -0.1) is 0 Å². The Balaban J connectivity index is 1.40. The molecule has 30 heavy (non-hydrogen) atoms. The molecule has 4 rings (SSSR count). The van der Waals surface area contributed by atoms with E-state index in [-0.39, 0.29) is 0 Å². The van der Waals surface area contributed by atoms with Crippen LogP contribution in [-0.2, 0) is 6.54 Å². The number of benzene rings is 1. The molecule has 166 valence electrons. The molecule has 3 fully saturated rings. The van der Waals surface area contributed by atoms with Gasteiger partial charge < -0.3 is 25.0 Å². The maximum absolute atomic E-state index is 6.37. The van der Waals surface area contributed by atoms with Gasteiger partial charge in [0.25, 0.3) is 0 Å². The highest BCUT2D eigenvalue weighted by molar-refractivity contribution is 5.80. The molecule has 0 amide bonds. The molecule has 0 aromatic heterocycles. The molecule has 1 aromatic rings. The fraction of sp³-hybridized carbons (Fsp3) is 0.708. The molecule has 0 radical (unpaired) electrons. The summed E-state index contributed by atoms with van der Waals surface area (Å²) in [6.45, 7) is 5.97. The second-order valence-electron chi connectivity index (χ2n) is 8.85. The number of likely N-dealkylation sites (tertiary alicyclic amines) is 1. The monoisotopic (exact) mass is 414 g/mol. The Morgan fingerprint density at radius 2 is 1.87 bits per heavy atom. The molecule has 6 heteroatoms. The molecule has 0 bridgehead atoms. The highest BCUT2D eigenvalue weighted by atomic mass is 16.5. The van der Waals surface area contributed by atoms with Crippen LogP contribution in [0.3, 0.4) is 0 Å². The number of aliphatic imine (C=N–C) groups is 1. The van der Waals surface area contributed by atoms with Crippen LogP contribution in [-0.4, -0.2) is 55.8 Å². The first-order chi connectivity index (χ1) is 14.8. The second-order valence-corrected chi connectivity index (χ2v) is 8.85. The number of hydrogen-bond donors (Lipinski definition) is 2. The topological polar surface area (TPSA) is 58.1 Å². The first-order valence-electron chi connectivity index (χ1n) is 11.9. The van der Waals surface area contributed by atoms with Crippen molar-refractivity contribution in [2.45, 2.75) is 83.0 Å². The second kappa shape index (κ2) is 10.4. The van der Waals surface area contributed by atoms with E-state index in [0.29, 0.717) is 18.7 Å². The molecule has 3 aliphatic rings. The van der Waals surface area contributed by atoms with Gasteiger partial charge in [0.05, 0.1) is 19.8 Å². The fourth-order valence-corrected chi connectivity index (χ4v) is 4.68. The summed E-state index contributed by atoms with van der Waals surface area (Å²) in [7, 11) is 1.71. The minimum absolute atomic E-state index is 0.298. The molecule has 1 aromatic carbocycles. The summed E-state index contributed by atoms with van der Waals surface area (Å²) < 4.78 is 12.0. The maximum atomic E-state index is 6.37. The van der Waals surface area contributed by atoms with E-state index in [1.54, 1.807) is 7.11 Å².